The molecule has 0 aliphatic carbocycles. The highest BCUT2D eigenvalue weighted by Crippen LogP contribution is 2.03. The first kappa shape index (κ1) is 14.9. The number of hydroxylamine groups is 1. The van der Waals surface area contributed by atoms with E-state index in [1.165, 1.54) is 12.1 Å². The van der Waals surface area contributed by atoms with Crippen molar-refractivity contribution in [2.75, 3.05) is 39.5 Å². The van der Waals surface area contributed by atoms with Gasteiger partial charge in [-0.3, -0.25) is 14.5 Å². The highest BCUT2D eigenvalue weighted by Gasteiger charge is 2.10. The lowest BCUT2D eigenvalue weighted by Crippen LogP contribution is -2.39. The van der Waals surface area contributed by atoms with Crippen molar-refractivity contribution in [2.45, 2.75) is 6.42 Å². The van der Waals surface area contributed by atoms with Crippen LogP contribution in [0.2, 0.25) is 0 Å². The number of benzene rings is 1. The minimum atomic E-state index is -0.309. The van der Waals surface area contributed by atoms with Crippen LogP contribution in [0.25, 0.3) is 0 Å². The first-order valence-corrected chi connectivity index (χ1v) is 6.69. The van der Waals surface area contributed by atoms with Gasteiger partial charge in [0.15, 0.2) is 0 Å². The first-order valence-electron chi connectivity index (χ1n) is 6.69. The third kappa shape index (κ3) is 5.24. The van der Waals surface area contributed by atoms with Crippen LogP contribution in [0.1, 0.15) is 5.56 Å². The van der Waals surface area contributed by atoms with Crippen LogP contribution in [-0.2, 0) is 20.8 Å². The van der Waals surface area contributed by atoms with Gasteiger partial charge in [-0.25, -0.2) is 9.87 Å². The number of halogens is 1. The summed E-state index contributed by atoms with van der Waals surface area (Å²) in [4.78, 5) is 18.9. The van der Waals surface area contributed by atoms with Crippen LogP contribution >= 0.6 is 0 Å². The second-order valence-corrected chi connectivity index (χ2v) is 4.63. The van der Waals surface area contributed by atoms with Gasteiger partial charge in [0.2, 0.25) is 5.91 Å². The van der Waals surface area contributed by atoms with Crippen LogP contribution in [0.4, 0.5) is 4.39 Å². The number of hydrogen-bond donors (Lipinski definition) is 1. The van der Waals surface area contributed by atoms with E-state index in [1.807, 2.05) is 0 Å². The molecule has 1 aromatic rings. The predicted octanol–water partition coefficient (Wildman–Crippen LogP) is 0.748. The predicted molar refractivity (Wildman–Crippen MR) is 71.5 cm³/mol. The molecule has 110 valence electrons. The molecule has 6 heteroatoms. The maximum atomic E-state index is 12.7. The van der Waals surface area contributed by atoms with E-state index in [1.54, 1.807) is 12.1 Å². The van der Waals surface area contributed by atoms with E-state index in [9.17, 15) is 9.18 Å². The van der Waals surface area contributed by atoms with Gasteiger partial charge >= 0.3 is 0 Å². The molecule has 1 aromatic carbocycles. The standard InChI is InChI=1S/C14H19FN2O3/c15-13-3-1-12(2-4-13)11-14(18)16-20-10-7-17-5-8-19-9-6-17/h1-4H,5-11H2,(H,16,18). The summed E-state index contributed by atoms with van der Waals surface area (Å²) in [6.07, 6.45) is 0.178. The Kier molecular flexibility index (Phi) is 5.91. The molecule has 0 bridgehead atoms. The summed E-state index contributed by atoms with van der Waals surface area (Å²) < 4.78 is 18.0. The zero-order chi connectivity index (χ0) is 14.2. The number of carbonyl (C=O) groups is 1. The van der Waals surface area contributed by atoms with Crippen LogP contribution in [0.5, 0.6) is 0 Å². The lowest BCUT2D eigenvalue weighted by molar-refractivity contribution is -0.133. The highest BCUT2D eigenvalue weighted by atomic mass is 19.1. The zero-order valence-corrected chi connectivity index (χ0v) is 11.3. The summed E-state index contributed by atoms with van der Waals surface area (Å²) in [5, 5.41) is 0. The van der Waals surface area contributed by atoms with Crippen LogP contribution in [-0.4, -0.2) is 50.3 Å². The SMILES string of the molecule is O=C(Cc1ccc(F)cc1)NOCCN1CCOCC1. The fraction of sp³-hybridized carbons (Fsp3) is 0.500. The number of rotatable bonds is 6. The smallest absolute Gasteiger partial charge is 0.247 e. The Bertz CT molecular complexity index is 419. The molecular weight excluding hydrogens is 263 g/mol. The average Bonchev–Trinajstić information content (AvgIpc) is 2.47. The quantitative estimate of drug-likeness (QED) is 0.618. The Morgan fingerprint density at radius 2 is 2.00 bits per heavy atom. The van der Waals surface area contributed by atoms with Crippen molar-refractivity contribution in [1.82, 2.24) is 10.4 Å². The van der Waals surface area contributed by atoms with Crippen LogP contribution < -0.4 is 5.48 Å². The molecule has 0 atom stereocenters. The highest BCUT2D eigenvalue weighted by molar-refractivity contribution is 5.77. The molecule has 5 nitrogen and oxygen atoms in total. The largest absolute Gasteiger partial charge is 0.379 e. The van der Waals surface area contributed by atoms with Crippen LogP contribution in [0.15, 0.2) is 24.3 Å². The lowest BCUT2D eigenvalue weighted by atomic mass is 10.1. The number of amides is 1. The molecule has 2 rings (SSSR count). The summed E-state index contributed by atoms with van der Waals surface area (Å²) in [6, 6.07) is 5.84. The maximum absolute atomic E-state index is 12.7. The molecule has 1 aliphatic rings. The van der Waals surface area contributed by atoms with E-state index >= 15 is 0 Å². The summed E-state index contributed by atoms with van der Waals surface area (Å²) in [5.41, 5.74) is 3.15. The van der Waals surface area contributed by atoms with Crippen molar-refractivity contribution < 1.29 is 18.8 Å². The van der Waals surface area contributed by atoms with Gasteiger partial charge in [-0.1, -0.05) is 12.1 Å². The molecule has 0 radical (unpaired) electrons. The zero-order valence-electron chi connectivity index (χ0n) is 11.3. The van der Waals surface area contributed by atoms with Gasteiger partial charge in [0.25, 0.3) is 0 Å². The van der Waals surface area contributed by atoms with Gasteiger partial charge in [0.05, 0.1) is 26.2 Å². The second kappa shape index (κ2) is 7.94. The number of ether oxygens (including phenoxy) is 1. The van der Waals surface area contributed by atoms with Gasteiger partial charge in [-0.2, -0.15) is 0 Å². The summed E-state index contributed by atoms with van der Waals surface area (Å²) >= 11 is 0. The van der Waals surface area contributed by atoms with E-state index in [-0.39, 0.29) is 18.1 Å². The van der Waals surface area contributed by atoms with Crippen molar-refractivity contribution in [3.8, 4) is 0 Å². The molecule has 0 spiro atoms. The molecule has 1 heterocycles. The Hall–Kier alpha value is -1.50. The lowest BCUT2D eigenvalue weighted by Gasteiger charge is -2.26. The first-order chi connectivity index (χ1) is 9.74. The molecular formula is C14H19FN2O3. The van der Waals surface area contributed by atoms with Gasteiger partial charge in [-0.15, -0.1) is 0 Å². The van der Waals surface area contributed by atoms with Crippen LogP contribution in [0, 0.1) is 5.82 Å². The fourth-order valence-electron chi connectivity index (χ4n) is 1.95. The van der Waals surface area contributed by atoms with Crippen molar-refractivity contribution in [3.05, 3.63) is 35.6 Å². The Morgan fingerprint density at radius 3 is 2.70 bits per heavy atom. The number of hydrogen-bond acceptors (Lipinski definition) is 4. The van der Waals surface area contributed by atoms with Gasteiger partial charge in [0, 0.05) is 19.6 Å². The molecule has 0 unspecified atom stereocenters. The van der Waals surface area contributed by atoms with Gasteiger partial charge < -0.3 is 4.74 Å². The van der Waals surface area contributed by atoms with Gasteiger partial charge in [-0.05, 0) is 17.7 Å². The molecule has 1 N–H and O–H groups in total. The molecule has 0 saturated carbocycles. The number of morpholine rings is 1. The molecule has 1 saturated heterocycles. The number of nitrogens with one attached hydrogen (secondary N) is 1. The van der Waals surface area contributed by atoms with Crippen molar-refractivity contribution >= 4 is 5.91 Å². The Labute approximate surface area is 117 Å². The summed E-state index contributed by atoms with van der Waals surface area (Å²) in [5.74, 6) is -0.547. The van der Waals surface area contributed by atoms with Crippen molar-refractivity contribution in [1.29, 1.82) is 0 Å². The summed E-state index contributed by atoms with van der Waals surface area (Å²) in [6.45, 7) is 4.49. The molecule has 0 aromatic heterocycles. The third-order valence-corrected chi connectivity index (χ3v) is 3.08. The minimum Gasteiger partial charge on any atom is -0.379 e. The average molecular weight is 282 g/mol. The van der Waals surface area contributed by atoms with E-state index < -0.39 is 0 Å². The van der Waals surface area contributed by atoms with E-state index in [0.29, 0.717) is 6.61 Å². The van der Waals surface area contributed by atoms with E-state index in [0.717, 1.165) is 38.4 Å². The monoisotopic (exact) mass is 282 g/mol. The third-order valence-electron chi connectivity index (χ3n) is 3.08. The number of nitrogens with zero attached hydrogens (tertiary/aromatic N) is 1. The topological polar surface area (TPSA) is 50.8 Å². The molecule has 1 aliphatic heterocycles. The van der Waals surface area contributed by atoms with Crippen molar-refractivity contribution in [2.24, 2.45) is 0 Å². The molecule has 1 amide bonds. The molecule has 20 heavy (non-hydrogen) atoms. The number of carbonyl (C=O) groups excluding carboxylic acids is 1. The Morgan fingerprint density at radius 1 is 1.30 bits per heavy atom. The Balaban J connectivity index is 1.59. The van der Waals surface area contributed by atoms with E-state index in [2.05, 4.69) is 10.4 Å². The van der Waals surface area contributed by atoms with Gasteiger partial charge in [0.1, 0.15) is 5.82 Å². The molecule has 1 fully saturated rings. The van der Waals surface area contributed by atoms with E-state index in [4.69, 9.17) is 9.57 Å². The van der Waals surface area contributed by atoms with Crippen LogP contribution in [0.3, 0.4) is 0 Å². The van der Waals surface area contributed by atoms with Crippen molar-refractivity contribution in [3.63, 3.8) is 0 Å². The maximum Gasteiger partial charge on any atom is 0.247 e. The fourth-order valence-corrected chi connectivity index (χ4v) is 1.95. The normalized spacial score (nSPS) is 16.1. The second-order valence-electron chi connectivity index (χ2n) is 4.63. The minimum absolute atomic E-state index is 0.178. The summed E-state index contributed by atoms with van der Waals surface area (Å²) in [7, 11) is 0.